The molecule has 0 radical (unpaired) electrons. The van der Waals surface area contributed by atoms with E-state index >= 15 is 0 Å². The SMILES string of the molecule is CCC(C)C1=CC=C(CN)CC1. The number of nitrogens with two attached hydrogens (primary N) is 1. The summed E-state index contributed by atoms with van der Waals surface area (Å²) in [6.07, 6.45) is 8.10. The Balaban J connectivity index is 2.59. The summed E-state index contributed by atoms with van der Waals surface area (Å²) in [5, 5.41) is 0. The Bertz CT molecular complexity index is 201. The topological polar surface area (TPSA) is 26.0 Å². The molecule has 0 aliphatic heterocycles. The maximum Gasteiger partial charge on any atom is 0.0140 e. The summed E-state index contributed by atoms with van der Waals surface area (Å²) < 4.78 is 0. The lowest BCUT2D eigenvalue weighted by Crippen LogP contribution is -2.08. The van der Waals surface area contributed by atoms with Gasteiger partial charge < -0.3 is 5.73 Å². The van der Waals surface area contributed by atoms with Crippen LogP contribution in [0.15, 0.2) is 23.3 Å². The summed E-state index contributed by atoms with van der Waals surface area (Å²) in [7, 11) is 0. The fourth-order valence-corrected chi connectivity index (χ4v) is 1.54. The molecule has 0 heterocycles. The van der Waals surface area contributed by atoms with Gasteiger partial charge in [-0.2, -0.15) is 0 Å². The van der Waals surface area contributed by atoms with Crippen LogP contribution < -0.4 is 5.73 Å². The van der Waals surface area contributed by atoms with Crippen molar-refractivity contribution in [2.45, 2.75) is 33.1 Å². The molecule has 1 heteroatoms. The van der Waals surface area contributed by atoms with Crippen molar-refractivity contribution < 1.29 is 0 Å². The quantitative estimate of drug-likeness (QED) is 0.683. The van der Waals surface area contributed by atoms with Gasteiger partial charge in [-0.1, -0.05) is 37.1 Å². The minimum atomic E-state index is 0.726. The van der Waals surface area contributed by atoms with Gasteiger partial charge in [-0.05, 0) is 25.2 Å². The molecule has 0 saturated carbocycles. The maximum atomic E-state index is 5.56. The Morgan fingerprint density at radius 2 is 2.17 bits per heavy atom. The molecule has 68 valence electrons. The van der Waals surface area contributed by atoms with Crippen molar-refractivity contribution in [1.29, 1.82) is 0 Å². The Labute approximate surface area is 75.3 Å². The molecule has 0 amide bonds. The molecule has 12 heavy (non-hydrogen) atoms. The van der Waals surface area contributed by atoms with Gasteiger partial charge >= 0.3 is 0 Å². The highest BCUT2D eigenvalue weighted by molar-refractivity contribution is 5.25. The van der Waals surface area contributed by atoms with Gasteiger partial charge in [-0.25, -0.2) is 0 Å². The smallest absolute Gasteiger partial charge is 0.0140 e. The molecule has 1 unspecified atom stereocenters. The second-order valence-corrected chi connectivity index (χ2v) is 3.58. The lowest BCUT2D eigenvalue weighted by Gasteiger charge is -2.18. The molecule has 1 aliphatic carbocycles. The van der Waals surface area contributed by atoms with Crippen LogP contribution >= 0.6 is 0 Å². The third-order valence-electron chi connectivity index (χ3n) is 2.78. The largest absolute Gasteiger partial charge is 0.327 e. The number of allylic oxidation sites excluding steroid dienone is 3. The lowest BCUT2D eigenvalue weighted by molar-refractivity contribution is 0.616. The molecule has 0 spiro atoms. The van der Waals surface area contributed by atoms with Crippen molar-refractivity contribution in [3.8, 4) is 0 Å². The molecular weight excluding hydrogens is 146 g/mol. The van der Waals surface area contributed by atoms with Gasteiger partial charge in [0.1, 0.15) is 0 Å². The summed E-state index contributed by atoms with van der Waals surface area (Å²) in [6, 6.07) is 0. The van der Waals surface area contributed by atoms with Crippen LogP contribution in [0.2, 0.25) is 0 Å². The molecule has 0 aromatic heterocycles. The Morgan fingerprint density at radius 1 is 1.42 bits per heavy atom. The van der Waals surface area contributed by atoms with E-state index in [9.17, 15) is 0 Å². The summed E-state index contributed by atoms with van der Waals surface area (Å²) in [5.41, 5.74) is 8.54. The summed E-state index contributed by atoms with van der Waals surface area (Å²) >= 11 is 0. The third kappa shape index (κ3) is 2.21. The van der Waals surface area contributed by atoms with Gasteiger partial charge in [0.2, 0.25) is 0 Å². The van der Waals surface area contributed by atoms with Crippen LogP contribution in [-0.4, -0.2) is 6.54 Å². The minimum Gasteiger partial charge on any atom is -0.327 e. The zero-order valence-corrected chi connectivity index (χ0v) is 8.14. The minimum absolute atomic E-state index is 0.726. The Morgan fingerprint density at radius 3 is 2.58 bits per heavy atom. The molecule has 0 saturated heterocycles. The first-order valence-electron chi connectivity index (χ1n) is 4.86. The van der Waals surface area contributed by atoms with E-state index in [-0.39, 0.29) is 0 Å². The average molecular weight is 165 g/mol. The van der Waals surface area contributed by atoms with Gasteiger partial charge in [0.25, 0.3) is 0 Å². The van der Waals surface area contributed by atoms with E-state index in [0.29, 0.717) is 0 Å². The number of hydrogen-bond donors (Lipinski definition) is 1. The summed E-state index contributed by atoms with van der Waals surface area (Å²) in [6.45, 7) is 5.27. The molecule has 1 nitrogen and oxygen atoms in total. The predicted octanol–water partition coefficient (Wildman–Crippen LogP) is 2.64. The van der Waals surface area contributed by atoms with E-state index in [1.807, 2.05) is 0 Å². The van der Waals surface area contributed by atoms with Crippen molar-refractivity contribution in [2.75, 3.05) is 6.54 Å². The van der Waals surface area contributed by atoms with E-state index in [1.54, 1.807) is 5.57 Å². The third-order valence-corrected chi connectivity index (χ3v) is 2.78. The average Bonchev–Trinajstić information content (AvgIpc) is 2.17. The summed E-state index contributed by atoms with van der Waals surface area (Å²) in [4.78, 5) is 0. The second-order valence-electron chi connectivity index (χ2n) is 3.58. The monoisotopic (exact) mass is 165 g/mol. The van der Waals surface area contributed by atoms with E-state index in [0.717, 1.165) is 12.5 Å². The van der Waals surface area contributed by atoms with Gasteiger partial charge in [0.05, 0.1) is 0 Å². The Kier molecular flexibility index (Phi) is 3.54. The van der Waals surface area contributed by atoms with Crippen LogP contribution in [0.5, 0.6) is 0 Å². The van der Waals surface area contributed by atoms with Crippen molar-refractivity contribution in [3.05, 3.63) is 23.3 Å². The van der Waals surface area contributed by atoms with Crippen molar-refractivity contribution >= 4 is 0 Å². The van der Waals surface area contributed by atoms with Gasteiger partial charge in [-0.15, -0.1) is 0 Å². The van der Waals surface area contributed by atoms with E-state index in [4.69, 9.17) is 5.73 Å². The van der Waals surface area contributed by atoms with E-state index in [1.165, 1.54) is 24.8 Å². The molecule has 0 aromatic rings. The van der Waals surface area contributed by atoms with Crippen LogP contribution in [0.1, 0.15) is 33.1 Å². The van der Waals surface area contributed by atoms with Crippen LogP contribution in [0.4, 0.5) is 0 Å². The number of rotatable bonds is 3. The van der Waals surface area contributed by atoms with Crippen LogP contribution in [0.25, 0.3) is 0 Å². The molecule has 0 fully saturated rings. The van der Waals surface area contributed by atoms with Gasteiger partial charge in [0.15, 0.2) is 0 Å². The summed E-state index contributed by atoms with van der Waals surface area (Å²) in [5.74, 6) is 0.751. The highest BCUT2D eigenvalue weighted by Gasteiger charge is 2.09. The first kappa shape index (κ1) is 9.53. The highest BCUT2D eigenvalue weighted by atomic mass is 14.5. The maximum absolute atomic E-state index is 5.56. The number of hydrogen-bond acceptors (Lipinski definition) is 1. The van der Waals surface area contributed by atoms with Crippen molar-refractivity contribution in [1.82, 2.24) is 0 Å². The normalized spacial score (nSPS) is 19.9. The fraction of sp³-hybridized carbons (Fsp3) is 0.636. The highest BCUT2D eigenvalue weighted by Crippen LogP contribution is 2.25. The molecule has 1 atom stereocenters. The first-order valence-corrected chi connectivity index (χ1v) is 4.86. The molecule has 2 N–H and O–H groups in total. The molecule has 0 bridgehead atoms. The van der Waals surface area contributed by atoms with Crippen LogP contribution in [-0.2, 0) is 0 Å². The molecular formula is C11H19N. The van der Waals surface area contributed by atoms with Crippen molar-refractivity contribution in [3.63, 3.8) is 0 Å². The van der Waals surface area contributed by atoms with Crippen LogP contribution in [0, 0.1) is 5.92 Å². The lowest BCUT2D eigenvalue weighted by atomic mass is 9.89. The van der Waals surface area contributed by atoms with E-state index < -0.39 is 0 Å². The van der Waals surface area contributed by atoms with Crippen LogP contribution in [0.3, 0.4) is 0 Å². The second kappa shape index (κ2) is 4.46. The van der Waals surface area contributed by atoms with Gasteiger partial charge in [0, 0.05) is 6.54 Å². The van der Waals surface area contributed by atoms with Crippen molar-refractivity contribution in [2.24, 2.45) is 11.7 Å². The van der Waals surface area contributed by atoms with E-state index in [2.05, 4.69) is 26.0 Å². The molecule has 0 aromatic carbocycles. The zero-order valence-electron chi connectivity index (χ0n) is 8.14. The predicted molar refractivity (Wildman–Crippen MR) is 53.9 cm³/mol. The zero-order chi connectivity index (χ0) is 8.97. The fourth-order valence-electron chi connectivity index (χ4n) is 1.54. The standard InChI is InChI=1S/C11H19N/c1-3-9(2)11-6-4-10(8-12)5-7-11/h4,6,9H,3,5,7-8,12H2,1-2H3. The molecule has 1 rings (SSSR count). The first-order chi connectivity index (χ1) is 5.77. The molecule has 1 aliphatic rings. The Hall–Kier alpha value is -0.560. The van der Waals surface area contributed by atoms with Gasteiger partial charge in [-0.3, -0.25) is 0 Å².